The van der Waals surface area contributed by atoms with Crippen molar-refractivity contribution in [1.29, 1.82) is 0 Å². The first kappa shape index (κ1) is 20.9. The second-order valence-corrected chi connectivity index (χ2v) is 8.18. The Hall–Kier alpha value is -3.32. The number of benzene rings is 2. The van der Waals surface area contributed by atoms with Crippen molar-refractivity contribution in [2.75, 3.05) is 5.32 Å². The minimum Gasteiger partial charge on any atom is -0.296 e. The molecule has 2 aromatic carbocycles. The Morgan fingerprint density at radius 2 is 1.81 bits per heavy atom. The highest BCUT2D eigenvalue weighted by Gasteiger charge is 2.18. The van der Waals surface area contributed by atoms with E-state index in [4.69, 9.17) is 0 Å². The van der Waals surface area contributed by atoms with Crippen molar-refractivity contribution in [3.05, 3.63) is 75.5 Å². The van der Waals surface area contributed by atoms with Gasteiger partial charge in [0.1, 0.15) is 0 Å². The molecule has 0 saturated carbocycles. The standard InChI is InChI=1S/C24H24N4O2S/c1-3-5-14-28-23(30)19-9-7-6-8-18(19)21(27-28)22(29)26-24-25-20(15-31-24)17-12-10-16(4-2)11-13-17/h6-13,15H,3-5,14H2,1-2H3,(H,25,26,29). The maximum absolute atomic E-state index is 13.1. The second kappa shape index (κ2) is 9.22. The van der Waals surface area contributed by atoms with Crippen molar-refractivity contribution >= 4 is 33.1 Å². The summed E-state index contributed by atoms with van der Waals surface area (Å²) in [6.07, 6.45) is 2.74. The van der Waals surface area contributed by atoms with E-state index in [-0.39, 0.29) is 17.2 Å². The van der Waals surface area contributed by atoms with E-state index >= 15 is 0 Å². The van der Waals surface area contributed by atoms with Crippen LogP contribution >= 0.6 is 11.3 Å². The van der Waals surface area contributed by atoms with Gasteiger partial charge in [0.05, 0.1) is 11.1 Å². The van der Waals surface area contributed by atoms with Crippen LogP contribution in [0.3, 0.4) is 0 Å². The molecule has 4 rings (SSSR count). The van der Waals surface area contributed by atoms with Gasteiger partial charge in [0.2, 0.25) is 0 Å². The third kappa shape index (κ3) is 4.41. The van der Waals surface area contributed by atoms with E-state index in [2.05, 4.69) is 41.4 Å². The second-order valence-electron chi connectivity index (χ2n) is 7.32. The smallest absolute Gasteiger partial charge is 0.278 e. The third-order valence-corrected chi connectivity index (χ3v) is 5.95. The molecular weight excluding hydrogens is 408 g/mol. The van der Waals surface area contributed by atoms with E-state index in [0.717, 1.165) is 30.5 Å². The molecular formula is C24H24N4O2S. The first-order valence-electron chi connectivity index (χ1n) is 10.5. The van der Waals surface area contributed by atoms with Crippen molar-refractivity contribution in [2.45, 2.75) is 39.7 Å². The van der Waals surface area contributed by atoms with Gasteiger partial charge in [-0.2, -0.15) is 5.10 Å². The number of amides is 1. The lowest BCUT2D eigenvalue weighted by Crippen LogP contribution is -2.27. The van der Waals surface area contributed by atoms with Gasteiger partial charge in [-0.05, 0) is 24.5 Å². The summed E-state index contributed by atoms with van der Waals surface area (Å²) < 4.78 is 1.39. The molecule has 0 spiro atoms. The molecule has 7 heteroatoms. The van der Waals surface area contributed by atoms with Crippen LogP contribution in [0.2, 0.25) is 0 Å². The molecule has 0 saturated heterocycles. The number of fused-ring (bicyclic) bond motifs is 1. The molecule has 0 aliphatic rings. The summed E-state index contributed by atoms with van der Waals surface area (Å²) in [6, 6.07) is 15.3. The van der Waals surface area contributed by atoms with Crippen molar-refractivity contribution in [3.8, 4) is 11.3 Å². The first-order chi connectivity index (χ1) is 15.1. The molecule has 158 valence electrons. The molecule has 0 aliphatic heterocycles. The molecule has 0 unspecified atom stereocenters. The fourth-order valence-corrected chi connectivity index (χ4v) is 4.11. The summed E-state index contributed by atoms with van der Waals surface area (Å²) in [6.45, 7) is 4.65. The van der Waals surface area contributed by atoms with E-state index in [9.17, 15) is 9.59 Å². The molecule has 31 heavy (non-hydrogen) atoms. The highest BCUT2D eigenvalue weighted by atomic mass is 32.1. The third-order valence-electron chi connectivity index (χ3n) is 5.19. The van der Waals surface area contributed by atoms with Crippen LogP contribution in [0.15, 0.2) is 58.7 Å². The summed E-state index contributed by atoms with van der Waals surface area (Å²) in [7, 11) is 0. The zero-order valence-corrected chi connectivity index (χ0v) is 18.4. The van der Waals surface area contributed by atoms with Gasteiger partial charge in [-0.25, -0.2) is 9.67 Å². The summed E-state index contributed by atoms with van der Waals surface area (Å²) in [5.74, 6) is -0.372. The van der Waals surface area contributed by atoms with Crippen LogP contribution in [-0.2, 0) is 13.0 Å². The highest BCUT2D eigenvalue weighted by Crippen LogP contribution is 2.26. The largest absolute Gasteiger partial charge is 0.296 e. The van der Waals surface area contributed by atoms with Crippen molar-refractivity contribution in [3.63, 3.8) is 0 Å². The number of nitrogens with one attached hydrogen (secondary N) is 1. The number of carbonyl (C=O) groups excluding carboxylic acids is 1. The quantitative estimate of drug-likeness (QED) is 0.439. The van der Waals surface area contributed by atoms with Crippen LogP contribution in [0, 0.1) is 0 Å². The maximum Gasteiger partial charge on any atom is 0.278 e. The van der Waals surface area contributed by atoms with Crippen LogP contribution in [0.1, 0.15) is 42.7 Å². The first-order valence-corrected chi connectivity index (χ1v) is 11.3. The van der Waals surface area contributed by atoms with E-state index in [1.165, 1.54) is 21.6 Å². The number of unbranched alkanes of at least 4 members (excludes halogenated alkanes) is 1. The average molecular weight is 433 g/mol. The minimum atomic E-state index is -0.372. The topological polar surface area (TPSA) is 76.9 Å². The van der Waals surface area contributed by atoms with E-state index in [1.807, 2.05) is 17.5 Å². The fraction of sp³-hybridized carbons (Fsp3) is 0.250. The Bertz CT molecular complexity index is 1270. The average Bonchev–Trinajstić information content (AvgIpc) is 3.27. The summed E-state index contributed by atoms with van der Waals surface area (Å²) in [5, 5.41) is 10.7. The number of rotatable bonds is 7. The van der Waals surface area contributed by atoms with Crippen molar-refractivity contribution in [2.24, 2.45) is 0 Å². The summed E-state index contributed by atoms with van der Waals surface area (Å²) in [5.41, 5.74) is 3.14. The number of aromatic nitrogens is 3. The number of thiazole rings is 1. The van der Waals surface area contributed by atoms with Gasteiger partial charge in [-0.3, -0.25) is 14.9 Å². The number of anilines is 1. The van der Waals surface area contributed by atoms with E-state index in [0.29, 0.717) is 22.4 Å². The Labute approximate surface area is 184 Å². The molecule has 0 aliphatic carbocycles. The van der Waals surface area contributed by atoms with Gasteiger partial charge in [-0.1, -0.05) is 62.7 Å². The highest BCUT2D eigenvalue weighted by molar-refractivity contribution is 7.14. The Balaban J connectivity index is 1.63. The van der Waals surface area contributed by atoms with E-state index in [1.54, 1.807) is 24.3 Å². The molecule has 6 nitrogen and oxygen atoms in total. The number of hydrogen-bond acceptors (Lipinski definition) is 5. The monoisotopic (exact) mass is 432 g/mol. The van der Waals surface area contributed by atoms with Gasteiger partial charge in [0.25, 0.3) is 11.5 Å². The lowest BCUT2D eigenvalue weighted by atomic mass is 10.1. The van der Waals surface area contributed by atoms with Crippen LogP contribution < -0.4 is 10.9 Å². The molecule has 0 bridgehead atoms. The molecule has 4 aromatic rings. The van der Waals surface area contributed by atoms with Gasteiger partial charge < -0.3 is 0 Å². The zero-order chi connectivity index (χ0) is 21.8. The minimum absolute atomic E-state index is 0.173. The number of nitrogens with zero attached hydrogens (tertiary/aromatic N) is 3. The number of hydrogen-bond donors (Lipinski definition) is 1. The Morgan fingerprint density at radius 1 is 1.06 bits per heavy atom. The van der Waals surface area contributed by atoms with E-state index < -0.39 is 0 Å². The molecule has 2 heterocycles. The number of aryl methyl sites for hydroxylation is 2. The van der Waals surface area contributed by atoms with Gasteiger partial charge in [0.15, 0.2) is 10.8 Å². The maximum atomic E-state index is 13.1. The lowest BCUT2D eigenvalue weighted by Gasteiger charge is -2.10. The van der Waals surface area contributed by atoms with Crippen LogP contribution in [0.4, 0.5) is 5.13 Å². The predicted molar refractivity (Wildman–Crippen MR) is 126 cm³/mol. The van der Waals surface area contributed by atoms with Crippen LogP contribution in [0.5, 0.6) is 0 Å². The SMILES string of the molecule is CCCCn1nc(C(=O)Nc2nc(-c3ccc(CC)cc3)cs2)c2ccccc2c1=O. The normalized spacial score (nSPS) is 11.0. The molecule has 2 aromatic heterocycles. The Morgan fingerprint density at radius 3 is 2.52 bits per heavy atom. The van der Waals surface area contributed by atoms with Crippen LogP contribution in [-0.4, -0.2) is 20.7 Å². The molecule has 0 radical (unpaired) electrons. The van der Waals surface area contributed by atoms with Gasteiger partial charge >= 0.3 is 0 Å². The van der Waals surface area contributed by atoms with Crippen molar-refractivity contribution < 1.29 is 4.79 Å². The predicted octanol–water partition coefficient (Wildman–Crippen LogP) is 5.13. The van der Waals surface area contributed by atoms with Crippen molar-refractivity contribution in [1.82, 2.24) is 14.8 Å². The molecule has 1 amide bonds. The number of carbonyl (C=O) groups is 1. The van der Waals surface area contributed by atoms with Gasteiger partial charge in [-0.15, -0.1) is 11.3 Å². The fourth-order valence-electron chi connectivity index (χ4n) is 3.39. The zero-order valence-electron chi connectivity index (χ0n) is 17.6. The molecule has 1 N–H and O–H groups in total. The summed E-state index contributed by atoms with van der Waals surface area (Å²) in [4.78, 5) is 30.4. The lowest BCUT2D eigenvalue weighted by molar-refractivity contribution is 0.102. The van der Waals surface area contributed by atoms with Gasteiger partial charge in [0, 0.05) is 22.9 Å². The summed E-state index contributed by atoms with van der Waals surface area (Å²) >= 11 is 1.36. The Kier molecular flexibility index (Phi) is 6.23. The van der Waals surface area contributed by atoms with Crippen LogP contribution in [0.25, 0.3) is 22.0 Å². The molecule has 0 atom stereocenters. The molecule has 0 fully saturated rings.